The van der Waals surface area contributed by atoms with Crippen molar-refractivity contribution in [2.45, 2.75) is 6.92 Å². The minimum absolute atomic E-state index is 0.0285. The average molecular weight is 370 g/mol. The van der Waals surface area contributed by atoms with E-state index in [0.29, 0.717) is 92.5 Å². The summed E-state index contributed by atoms with van der Waals surface area (Å²) in [5.74, 6) is 0. The van der Waals surface area contributed by atoms with Gasteiger partial charge in [0.05, 0.1) is 79.3 Å². The second kappa shape index (κ2) is 23.6. The molecule has 0 aliphatic carbocycles. The summed E-state index contributed by atoms with van der Waals surface area (Å²) in [5, 5.41) is 8.50. The monoisotopic (exact) mass is 370 g/mol. The zero-order valence-corrected chi connectivity index (χ0v) is 15.3. The molecule has 0 radical (unpaired) electrons. The third-order valence-corrected chi connectivity index (χ3v) is 2.63. The molecular formula is C16H34O9. The van der Waals surface area contributed by atoms with Crippen molar-refractivity contribution in [3.05, 3.63) is 0 Å². The lowest BCUT2D eigenvalue weighted by molar-refractivity contribution is -0.303. The first-order chi connectivity index (χ1) is 12.4. The van der Waals surface area contributed by atoms with E-state index in [4.69, 9.17) is 43.3 Å². The van der Waals surface area contributed by atoms with Crippen LogP contribution in [0.4, 0.5) is 0 Å². The van der Waals surface area contributed by atoms with E-state index in [9.17, 15) is 0 Å². The van der Waals surface area contributed by atoms with Gasteiger partial charge in [-0.1, -0.05) is 0 Å². The highest BCUT2D eigenvalue weighted by Gasteiger charge is 1.94. The third-order valence-electron chi connectivity index (χ3n) is 2.63. The van der Waals surface area contributed by atoms with E-state index in [-0.39, 0.29) is 6.61 Å². The van der Waals surface area contributed by atoms with Crippen molar-refractivity contribution in [3.63, 3.8) is 0 Å². The average Bonchev–Trinajstić information content (AvgIpc) is 2.63. The van der Waals surface area contributed by atoms with Crippen LogP contribution in [0.2, 0.25) is 0 Å². The maximum atomic E-state index is 8.50. The molecule has 0 unspecified atom stereocenters. The molecule has 0 aliphatic rings. The summed E-state index contributed by atoms with van der Waals surface area (Å²) in [7, 11) is 0. The fourth-order valence-corrected chi connectivity index (χ4v) is 1.49. The minimum Gasteiger partial charge on any atom is -0.394 e. The molecule has 0 saturated carbocycles. The first-order valence-corrected chi connectivity index (χ1v) is 8.73. The van der Waals surface area contributed by atoms with Gasteiger partial charge in [0.15, 0.2) is 0 Å². The Balaban J connectivity index is 2.94. The highest BCUT2D eigenvalue weighted by Crippen LogP contribution is 1.85. The molecule has 152 valence electrons. The molecule has 9 heteroatoms. The van der Waals surface area contributed by atoms with Crippen LogP contribution in [-0.2, 0) is 38.2 Å². The van der Waals surface area contributed by atoms with Crippen LogP contribution in [-0.4, -0.2) is 104 Å². The molecule has 0 aromatic carbocycles. The van der Waals surface area contributed by atoms with Crippen molar-refractivity contribution in [1.29, 1.82) is 0 Å². The fourth-order valence-electron chi connectivity index (χ4n) is 1.49. The molecule has 0 atom stereocenters. The molecular weight excluding hydrogens is 336 g/mol. The number of aliphatic hydroxyl groups is 1. The Labute approximate surface area is 150 Å². The van der Waals surface area contributed by atoms with Gasteiger partial charge in [0, 0.05) is 6.61 Å². The molecule has 0 spiro atoms. The molecule has 0 heterocycles. The van der Waals surface area contributed by atoms with Crippen LogP contribution in [0.3, 0.4) is 0 Å². The van der Waals surface area contributed by atoms with Crippen LogP contribution >= 0.6 is 0 Å². The second-order valence-corrected chi connectivity index (χ2v) is 4.63. The van der Waals surface area contributed by atoms with Crippen LogP contribution in [0.25, 0.3) is 0 Å². The first-order valence-electron chi connectivity index (χ1n) is 8.73. The predicted molar refractivity (Wildman–Crippen MR) is 89.6 cm³/mol. The van der Waals surface area contributed by atoms with Gasteiger partial charge >= 0.3 is 0 Å². The lowest BCUT2D eigenvalue weighted by Crippen LogP contribution is -2.14. The van der Waals surface area contributed by atoms with E-state index in [1.165, 1.54) is 0 Å². The van der Waals surface area contributed by atoms with Gasteiger partial charge in [-0.3, -0.25) is 0 Å². The van der Waals surface area contributed by atoms with E-state index in [1.54, 1.807) is 0 Å². The maximum absolute atomic E-state index is 8.50. The predicted octanol–water partition coefficient (Wildman–Crippen LogP) is 0.0464. The number of rotatable bonds is 22. The van der Waals surface area contributed by atoms with Gasteiger partial charge in [-0.05, 0) is 6.92 Å². The summed E-state index contributed by atoms with van der Waals surface area (Å²) in [6.45, 7) is 8.78. The van der Waals surface area contributed by atoms with Crippen LogP contribution in [0, 0.1) is 0 Å². The third kappa shape index (κ3) is 23.6. The van der Waals surface area contributed by atoms with Gasteiger partial charge in [-0.25, -0.2) is 9.78 Å². The van der Waals surface area contributed by atoms with E-state index in [2.05, 4.69) is 0 Å². The summed E-state index contributed by atoms with van der Waals surface area (Å²) in [6, 6.07) is 0. The Morgan fingerprint density at radius 2 is 0.760 bits per heavy atom. The Kier molecular flexibility index (Phi) is 23.3. The largest absolute Gasteiger partial charge is 0.394 e. The minimum atomic E-state index is 0.0285. The van der Waals surface area contributed by atoms with Crippen molar-refractivity contribution in [2.75, 3.05) is 99.1 Å². The van der Waals surface area contributed by atoms with Gasteiger partial charge in [0.2, 0.25) is 0 Å². The van der Waals surface area contributed by atoms with Gasteiger partial charge in [-0.15, -0.1) is 0 Å². The zero-order chi connectivity index (χ0) is 18.3. The van der Waals surface area contributed by atoms with E-state index < -0.39 is 0 Å². The summed E-state index contributed by atoms with van der Waals surface area (Å²) < 4.78 is 31.3. The summed E-state index contributed by atoms with van der Waals surface area (Å²) in [5.41, 5.74) is 0. The highest BCUT2D eigenvalue weighted by molar-refractivity contribution is 4.34. The van der Waals surface area contributed by atoms with E-state index in [1.807, 2.05) is 6.92 Å². The quantitative estimate of drug-likeness (QED) is 0.161. The smallest absolute Gasteiger partial charge is 0.106 e. The van der Waals surface area contributed by atoms with Gasteiger partial charge in [0.25, 0.3) is 0 Å². The lowest BCUT2D eigenvalue weighted by Gasteiger charge is -2.07. The number of hydrogen-bond acceptors (Lipinski definition) is 9. The Bertz CT molecular complexity index is 210. The van der Waals surface area contributed by atoms with Crippen LogP contribution in [0.5, 0.6) is 0 Å². The number of aliphatic hydroxyl groups excluding tert-OH is 1. The molecule has 0 aliphatic heterocycles. The standard InChI is InChI=1S/C16H34O9/c1-2-18-5-6-20-9-11-22-13-15-24-25-16-14-23-12-10-21-8-7-19-4-3-17/h17H,2-16H2,1H3. The maximum Gasteiger partial charge on any atom is 0.106 e. The zero-order valence-electron chi connectivity index (χ0n) is 15.3. The molecule has 0 aromatic heterocycles. The summed E-state index contributed by atoms with van der Waals surface area (Å²) >= 11 is 0. The van der Waals surface area contributed by atoms with Crippen LogP contribution in [0.15, 0.2) is 0 Å². The SMILES string of the molecule is CCOCCOCCOCCOOCCOCCOCCOCCO. The van der Waals surface area contributed by atoms with Gasteiger partial charge < -0.3 is 33.5 Å². The lowest BCUT2D eigenvalue weighted by atomic mass is 10.7. The molecule has 0 bridgehead atoms. The van der Waals surface area contributed by atoms with Crippen LogP contribution < -0.4 is 0 Å². The van der Waals surface area contributed by atoms with Crippen molar-refractivity contribution in [2.24, 2.45) is 0 Å². The summed E-state index contributed by atoms with van der Waals surface area (Å²) in [4.78, 5) is 9.88. The van der Waals surface area contributed by atoms with Gasteiger partial charge in [0.1, 0.15) is 13.2 Å². The Hall–Kier alpha value is -0.360. The summed E-state index contributed by atoms with van der Waals surface area (Å²) in [6.07, 6.45) is 0. The fraction of sp³-hybridized carbons (Fsp3) is 1.00. The molecule has 0 rings (SSSR count). The molecule has 0 saturated heterocycles. The normalized spacial score (nSPS) is 11.3. The van der Waals surface area contributed by atoms with Crippen molar-refractivity contribution < 1.29 is 43.3 Å². The number of hydrogen-bond donors (Lipinski definition) is 1. The van der Waals surface area contributed by atoms with Crippen molar-refractivity contribution in [3.8, 4) is 0 Å². The molecule has 25 heavy (non-hydrogen) atoms. The topological polar surface area (TPSA) is 94.1 Å². The number of ether oxygens (including phenoxy) is 6. The molecule has 1 N–H and O–H groups in total. The van der Waals surface area contributed by atoms with E-state index >= 15 is 0 Å². The first kappa shape index (κ1) is 24.6. The highest BCUT2D eigenvalue weighted by atomic mass is 17.2. The molecule has 9 nitrogen and oxygen atoms in total. The Morgan fingerprint density at radius 1 is 0.440 bits per heavy atom. The van der Waals surface area contributed by atoms with Crippen molar-refractivity contribution in [1.82, 2.24) is 0 Å². The molecule has 0 amide bonds. The molecule has 0 fully saturated rings. The molecule has 0 aromatic rings. The van der Waals surface area contributed by atoms with Crippen molar-refractivity contribution >= 4 is 0 Å². The van der Waals surface area contributed by atoms with Crippen LogP contribution in [0.1, 0.15) is 6.92 Å². The van der Waals surface area contributed by atoms with Gasteiger partial charge in [-0.2, -0.15) is 0 Å². The Morgan fingerprint density at radius 3 is 1.12 bits per heavy atom. The second-order valence-electron chi connectivity index (χ2n) is 4.63. The van der Waals surface area contributed by atoms with E-state index in [0.717, 1.165) is 0 Å².